The Labute approximate surface area is 137 Å². The molecule has 1 aromatic rings. The van der Waals surface area contributed by atoms with Gasteiger partial charge in [-0.05, 0) is 29.0 Å². The van der Waals surface area contributed by atoms with E-state index in [4.69, 9.17) is 9.47 Å². The third-order valence-corrected chi connectivity index (χ3v) is 3.64. The molecule has 0 amide bonds. The molecule has 0 radical (unpaired) electrons. The number of halogens is 3. The number of alkyl halides is 2. The van der Waals surface area contributed by atoms with Gasteiger partial charge in [-0.15, -0.1) is 0 Å². The highest BCUT2D eigenvalue weighted by Crippen LogP contribution is 2.20. The molecular formula is C13H20F2IN3O2. The van der Waals surface area contributed by atoms with Crippen molar-refractivity contribution in [1.29, 1.82) is 0 Å². The molecule has 0 saturated heterocycles. The average molecular weight is 415 g/mol. The largest absolute Gasteiger partial charge is 0.378 e. The van der Waals surface area contributed by atoms with Crippen molar-refractivity contribution in [2.75, 3.05) is 32.2 Å². The van der Waals surface area contributed by atoms with Gasteiger partial charge in [0.15, 0.2) is 0 Å². The maximum atomic E-state index is 12.0. The van der Waals surface area contributed by atoms with Crippen LogP contribution in [-0.4, -0.2) is 43.3 Å². The van der Waals surface area contributed by atoms with Crippen LogP contribution in [-0.2, 0) is 22.5 Å². The van der Waals surface area contributed by atoms with Crippen molar-refractivity contribution >= 4 is 28.4 Å². The molecule has 0 saturated carbocycles. The molecule has 21 heavy (non-hydrogen) atoms. The second-order valence-electron chi connectivity index (χ2n) is 4.32. The van der Waals surface area contributed by atoms with Gasteiger partial charge in [-0.3, -0.25) is 0 Å². The van der Waals surface area contributed by atoms with E-state index in [1.54, 1.807) is 7.11 Å². The van der Waals surface area contributed by atoms with Crippen LogP contribution in [0.25, 0.3) is 0 Å². The van der Waals surface area contributed by atoms with E-state index in [1.807, 2.05) is 0 Å². The van der Waals surface area contributed by atoms with Gasteiger partial charge in [0.1, 0.15) is 18.2 Å². The molecule has 0 atom stereocenters. The molecule has 1 aromatic heterocycles. The topological polar surface area (TPSA) is 56.3 Å². The Bertz CT molecular complexity index is 436. The highest BCUT2D eigenvalue weighted by molar-refractivity contribution is 14.1. The van der Waals surface area contributed by atoms with Crippen LogP contribution in [0.5, 0.6) is 0 Å². The molecule has 0 spiro atoms. The molecule has 0 unspecified atom stereocenters. The first-order chi connectivity index (χ1) is 10.1. The summed E-state index contributed by atoms with van der Waals surface area (Å²) in [6.45, 7) is 2.87. The standard InChI is InChI=1S/C13H20F2IN3O2/c1-3-5-17-13-12(16)9(7-20-2)18-11(19-13)4-6-21-8-10(14)15/h10H,3-8H2,1-2H3,(H,17,18,19). The number of anilines is 1. The van der Waals surface area contributed by atoms with Crippen molar-refractivity contribution in [2.24, 2.45) is 0 Å². The van der Waals surface area contributed by atoms with E-state index in [0.29, 0.717) is 18.9 Å². The first-order valence-corrected chi connectivity index (χ1v) is 7.80. The van der Waals surface area contributed by atoms with E-state index in [0.717, 1.165) is 28.0 Å². The lowest BCUT2D eigenvalue weighted by molar-refractivity contribution is 0.0182. The smallest absolute Gasteiger partial charge is 0.261 e. The van der Waals surface area contributed by atoms with Gasteiger partial charge in [0.25, 0.3) is 6.43 Å². The summed E-state index contributed by atoms with van der Waals surface area (Å²) >= 11 is 2.18. The van der Waals surface area contributed by atoms with E-state index < -0.39 is 13.0 Å². The van der Waals surface area contributed by atoms with Gasteiger partial charge in [0.05, 0.1) is 22.5 Å². The summed E-state index contributed by atoms with van der Waals surface area (Å²) in [5.74, 6) is 1.32. The Kier molecular flexibility index (Phi) is 8.93. The van der Waals surface area contributed by atoms with E-state index in [1.165, 1.54) is 0 Å². The summed E-state index contributed by atoms with van der Waals surface area (Å²) in [7, 11) is 1.60. The number of ether oxygens (including phenoxy) is 2. The summed E-state index contributed by atoms with van der Waals surface area (Å²) in [6.07, 6.45) is -1.08. The Hall–Kier alpha value is -0.610. The summed E-state index contributed by atoms with van der Waals surface area (Å²) < 4.78 is 34.9. The van der Waals surface area contributed by atoms with Gasteiger partial charge in [0.2, 0.25) is 0 Å². The molecule has 0 aliphatic carbocycles. The normalized spacial score (nSPS) is 11.1. The van der Waals surface area contributed by atoms with Crippen molar-refractivity contribution in [1.82, 2.24) is 9.97 Å². The molecule has 1 N–H and O–H groups in total. The molecule has 5 nitrogen and oxygen atoms in total. The number of methoxy groups -OCH3 is 1. The highest BCUT2D eigenvalue weighted by Gasteiger charge is 2.12. The number of rotatable bonds is 10. The van der Waals surface area contributed by atoms with Gasteiger partial charge >= 0.3 is 0 Å². The van der Waals surface area contributed by atoms with Crippen molar-refractivity contribution < 1.29 is 18.3 Å². The Morgan fingerprint density at radius 3 is 2.71 bits per heavy atom. The molecule has 0 aromatic carbocycles. The minimum Gasteiger partial charge on any atom is -0.378 e. The molecule has 1 rings (SSSR count). The number of hydrogen-bond donors (Lipinski definition) is 1. The number of aromatic nitrogens is 2. The fraction of sp³-hybridized carbons (Fsp3) is 0.692. The van der Waals surface area contributed by atoms with Crippen LogP contribution in [0.2, 0.25) is 0 Å². The number of nitrogens with one attached hydrogen (secondary N) is 1. The number of hydrogen-bond acceptors (Lipinski definition) is 5. The SMILES string of the molecule is CCCNc1nc(CCOCC(F)F)nc(COC)c1I. The van der Waals surface area contributed by atoms with Gasteiger partial charge in [-0.2, -0.15) is 0 Å². The van der Waals surface area contributed by atoms with Crippen LogP contribution in [0.1, 0.15) is 24.9 Å². The summed E-state index contributed by atoms with van der Waals surface area (Å²) in [6, 6.07) is 0. The van der Waals surface area contributed by atoms with Crippen molar-refractivity contribution in [3.05, 3.63) is 15.1 Å². The van der Waals surface area contributed by atoms with Crippen LogP contribution in [0.15, 0.2) is 0 Å². The predicted molar refractivity (Wildman–Crippen MR) is 84.8 cm³/mol. The lowest BCUT2D eigenvalue weighted by Crippen LogP contribution is -2.13. The minimum absolute atomic E-state index is 0.171. The fourth-order valence-electron chi connectivity index (χ4n) is 1.59. The Morgan fingerprint density at radius 1 is 1.33 bits per heavy atom. The van der Waals surface area contributed by atoms with E-state index >= 15 is 0 Å². The molecule has 0 aliphatic heterocycles. The molecular weight excluding hydrogens is 395 g/mol. The summed E-state index contributed by atoms with van der Waals surface area (Å²) in [5.41, 5.74) is 0.788. The van der Waals surface area contributed by atoms with Gasteiger partial charge < -0.3 is 14.8 Å². The molecule has 0 fully saturated rings. The fourth-order valence-corrected chi connectivity index (χ4v) is 2.17. The maximum Gasteiger partial charge on any atom is 0.261 e. The third-order valence-electron chi connectivity index (χ3n) is 2.50. The zero-order chi connectivity index (χ0) is 15.7. The molecule has 0 aliphatic rings. The first-order valence-electron chi connectivity index (χ1n) is 6.72. The quantitative estimate of drug-likeness (QED) is 0.471. The average Bonchev–Trinajstić information content (AvgIpc) is 2.45. The zero-order valence-corrected chi connectivity index (χ0v) is 14.3. The van der Waals surface area contributed by atoms with Crippen LogP contribution in [0, 0.1) is 3.57 Å². The Morgan fingerprint density at radius 2 is 2.10 bits per heavy atom. The van der Waals surface area contributed by atoms with E-state index in [9.17, 15) is 8.78 Å². The zero-order valence-electron chi connectivity index (χ0n) is 12.2. The van der Waals surface area contributed by atoms with E-state index in [2.05, 4.69) is 44.8 Å². The summed E-state index contributed by atoms with van der Waals surface area (Å²) in [5, 5.41) is 3.24. The number of nitrogens with zero attached hydrogens (tertiary/aromatic N) is 2. The molecule has 8 heteroatoms. The van der Waals surface area contributed by atoms with Crippen LogP contribution in [0.3, 0.4) is 0 Å². The van der Waals surface area contributed by atoms with Crippen molar-refractivity contribution in [2.45, 2.75) is 32.8 Å². The first kappa shape index (κ1) is 18.4. The second kappa shape index (κ2) is 10.2. The van der Waals surface area contributed by atoms with Gasteiger partial charge in [-0.1, -0.05) is 6.92 Å². The van der Waals surface area contributed by atoms with Gasteiger partial charge in [0, 0.05) is 20.1 Å². The van der Waals surface area contributed by atoms with Crippen LogP contribution in [0.4, 0.5) is 14.6 Å². The van der Waals surface area contributed by atoms with E-state index in [-0.39, 0.29) is 6.61 Å². The lowest BCUT2D eigenvalue weighted by Gasteiger charge is -2.12. The third kappa shape index (κ3) is 6.79. The van der Waals surface area contributed by atoms with Crippen molar-refractivity contribution in [3.63, 3.8) is 0 Å². The van der Waals surface area contributed by atoms with Crippen molar-refractivity contribution in [3.8, 4) is 0 Å². The Balaban J connectivity index is 2.74. The summed E-state index contributed by atoms with van der Waals surface area (Å²) in [4.78, 5) is 8.81. The van der Waals surface area contributed by atoms with Crippen LogP contribution < -0.4 is 5.32 Å². The predicted octanol–water partition coefficient (Wildman–Crippen LogP) is 2.87. The molecule has 1 heterocycles. The molecule has 0 bridgehead atoms. The maximum absolute atomic E-state index is 12.0. The highest BCUT2D eigenvalue weighted by atomic mass is 127. The minimum atomic E-state index is -2.45. The molecule has 120 valence electrons. The van der Waals surface area contributed by atoms with Gasteiger partial charge in [-0.25, -0.2) is 18.7 Å². The van der Waals surface area contributed by atoms with Crippen LogP contribution >= 0.6 is 22.6 Å². The lowest BCUT2D eigenvalue weighted by atomic mass is 10.3. The monoisotopic (exact) mass is 415 g/mol. The second-order valence-corrected chi connectivity index (χ2v) is 5.40.